The van der Waals surface area contributed by atoms with Gasteiger partial charge in [0.05, 0.1) is 23.0 Å². The van der Waals surface area contributed by atoms with Crippen molar-refractivity contribution in [2.24, 2.45) is 5.22 Å². The predicted molar refractivity (Wildman–Crippen MR) is 133 cm³/mol. The van der Waals surface area contributed by atoms with Gasteiger partial charge in [0, 0.05) is 39.7 Å². The molecule has 4 aromatic rings. The molecule has 12 heteroatoms. The van der Waals surface area contributed by atoms with Gasteiger partial charge in [-0.15, -0.1) is 4.79 Å². The van der Waals surface area contributed by atoms with Crippen LogP contribution in [0.2, 0.25) is 10.0 Å². The van der Waals surface area contributed by atoms with Gasteiger partial charge >= 0.3 is 12.3 Å². The van der Waals surface area contributed by atoms with Crippen LogP contribution in [0, 0.1) is 0 Å². The first-order valence-electron chi connectivity index (χ1n) is 10.9. The Bertz CT molecular complexity index is 1680. The summed E-state index contributed by atoms with van der Waals surface area (Å²) in [5.74, 6) is -0.529. The first kappa shape index (κ1) is 22.2. The van der Waals surface area contributed by atoms with Crippen molar-refractivity contribution < 1.29 is 14.7 Å². The number of benzene rings is 1. The van der Waals surface area contributed by atoms with E-state index < -0.39 is 5.97 Å². The van der Waals surface area contributed by atoms with E-state index in [1.54, 1.807) is 46.4 Å². The van der Waals surface area contributed by atoms with Crippen molar-refractivity contribution in [3.63, 3.8) is 0 Å². The fraction of sp³-hybridized carbons (Fsp3) is 0.125. The highest BCUT2D eigenvalue weighted by atomic mass is 35.5. The molecule has 3 aromatic heterocycles. The van der Waals surface area contributed by atoms with Crippen LogP contribution < -0.4 is 10.6 Å². The van der Waals surface area contributed by atoms with Crippen molar-refractivity contribution in [1.82, 2.24) is 19.5 Å². The number of nitrogens with zero attached hydrogens (tertiary/aromatic N) is 6. The number of imidazole rings is 1. The highest BCUT2D eigenvalue weighted by molar-refractivity contribution is 6.34. The number of carbonyl (C=O) groups is 1. The third kappa shape index (κ3) is 3.59. The summed E-state index contributed by atoms with van der Waals surface area (Å²) in [6.45, 7) is 0. The number of rotatable bonds is 5. The minimum Gasteiger partial charge on any atom is -0.477 e. The lowest BCUT2D eigenvalue weighted by Gasteiger charge is -2.17. The van der Waals surface area contributed by atoms with Gasteiger partial charge in [-0.1, -0.05) is 28.2 Å². The number of hydrogen-bond donors (Lipinski definition) is 2. The molecule has 10 nitrogen and oxygen atoms in total. The second kappa shape index (κ2) is 8.46. The fourth-order valence-corrected chi connectivity index (χ4v) is 5.10. The minimum atomic E-state index is -1.11. The van der Waals surface area contributed by atoms with Gasteiger partial charge in [0.1, 0.15) is 22.4 Å². The standard InChI is InChI=1S/C24H15Cl2N7O3/c25-13-1-2-18(32-11-29-31-32)14(8-13)15-9-21(34)33-19(22(15)26)3-4-20(33)23-28-10-17(30-23)12-5-6-27-16(7-12)24(35)36/h1-2,5-11,20H,3-4H2,(H-,27,28,30,35,36)/p+1. The van der Waals surface area contributed by atoms with Crippen molar-refractivity contribution in [1.29, 1.82) is 0 Å². The Morgan fingerprint density at radius 2 is 1.97 bits per heavy atom. The van der Waals surface area contributed by atoms with Crippen molar-refractivity contribution >= 4 is 41.2 Å². The summed E-state index contributed by atoms with van der Waals surface area (Å²) < 4.78 is 1.66. The van der Waals surface area contributed by atoms with E-state index in [0.29, 0.717) is 62.5 Å². The SMILES string of the molecule is O=C(O)c1cc(-c2cnc(C3CCc4c(Cl)c(-c5cc(Cl)ccc5N5C=[N+]=N5)cc(=O)n43)[nH]2)ccn1. The molecule has 0 aliphatic carbocycles. The summed E-state index contributed by atoms with van der Waals surface area (Å²) >= 11 is 13.1. The molecule has 2 aliphatic rings. The lowest BCUT2D eigenvalue weighted by Crippen LogP contribution is -2.25. The molecule has 1 aromatic carbocycles. The number of aromatic carboxylic acids is 1. The molecule has 5 heterocycles. The van der Waals surface area contributed by atoms with Crippen LogP contribution >= 0.6 is 23.2 Å². The molecule has 0 amide bonds. The van der Waals surface area contributed by atoms with Gasteiger partial charge < -0.3 is 14.7 Å². The van der Waals surface area contributed by atoms with Gasteiger partial charge in [-0.3, -0.25) is 4.79 Å². The monoisotopic (exact) mass is 520 g/mol. The maximum Gasteiger partial charge on any atom is 0.354 e. The summed E-state index contributed by atoms with van der Waals surface area (Å²) in [7, 11) is 0. The smallest absolute Gasteiger partial charge is 0.354 e. The molecule has 2 N–H and O–H groups in total. The Hall–Kier alpha value is -4.24. The molecule has 1 unspecified atom stereocenters. The topological polar surface area (TPSA) is 131 Å². The first-order chi connectivity index (χ1) is 17.4. The predicted octanol–water partition coefficient (Wildman–Crippen LogP) is 4.26. The first-order valence-corrected chi connectivity index (χ1v) is 11.7. The van der Waals surface area contributed by atoms with Crippen LogP contribution in [0.3, 0.4) is 0 Å². The van der Waals surface area contributed by atoms with Crippen LogP contribution in [0.4, 0.5) is 5.69 Å². The van der Waals surface area contributed by atoms with Crippen molar-refractivity contribution in [2.45, 2.75) is 18.9 Å². The summed E-state index contributed by atoms with van der Waals surface area (Å²) in [6, 6.07) is 9.61. The highest BCUT2D eigenvalue weighted by Gasteiger charge is 2.32. The minimum absolute atomic E-state index is 0.0666. The van der Waals surface area contributed by atoms with Gasteiger partial charge in [-0.05, 0) is 43.2 Å². The Morgan fingerprint density at radius 3 is 2.72 bits per heavy atom. The van der Waals surface area contributed by atoms with Gasteiger partial charge in [-0.25, -0.2) is 14.8 Å². The van der Waals surface area contributed by atoms with E-state index in [2.05, 4.69) is 25.0 Å². The second-order valence-electron chi connectivity index (χ2n) is 8.32. The normalized spacial score (nSPS) is 15.7. The Labute approximate surface area is 213 Å². The van der Waals surface area contributed by atoms with Crippen LogP contribution in [-0.4, -0.2) is 41.7 Å². The van der Waals surface area contributed by atoms with E-state index in [9.17, 15) is 14.7 Å². The summed E-state index contributed by atoms with van der Waals surface area (Å²) in [4.78, 5) is 40.0. The second-order valence-corrected chi connectivity index (χ2v) is 9.14. The highest BCUT2D eigenvalue weighted by Crippen LogP contribution is 2.41. The zero-order chi connectivity index (χ0) is 25.0. The molecular weight excluding hydrogens is 505 g/mol. The van der Waals surface area contributed by atoms with Crippen LogP contribution in [0.15, 0.2) is 58.8 Å². The average molecular weight is 521 g/mol. The number of nitrogens with one attached hydrogen (secondary N) is 1. The molecule has 0 spiro atoms. The van der Waals surface area contributed by atoms with E-state index in [0.717, 1.165) is 0 Å². The van der Waals surface area contributed by atoms with Crippen molar-refractivity contribution in [3.05, 3.63) is 86.4 Å². The van der Waals surface area contributed by atoms with E-state index in [1.165, 1.54) is 18.3 Å². The number of halogens is 2. The number of fused-ring (bicyclic) bond motifs is 1. The van der Waals surface area contributed by atoms with E-state index >= 15 is 0 Å². The molecule has 0 saturated carbocycles. The Balaban J connectivity index is 1.39. The molecule has 0 radical (unpaired) electrons. The number of pyridine rings is 2. The zero-order valence-corrected chi connectivity index (χ0v) is 19.9. The zero-order valence-electron chi connectivity index (χ0n) is 18.4. The van der Waals surface area contributed by atoms with Crippen LogP contribution in [0.1, 0.15) is 34.5 Å². The van der Waals surface area contributed by atoms with E-state index in [4.69, 9.17) is 23.2 Å². The summed E-state index contributed by atoms with van der Waals surface area (Å²) in [5.41, 5.74) is 3.64. The van der Waals surface area contributed by atoms with E-state index in [1.807, 2.05) is 0 Å². The van der Waals surface area contributed by atoms with Gasteiger partial charge in [0.15, 0.2) is 0 Å². The third-order valence-electron chi connectivity index (χ3n) is 6.26. The maximum atomic E-state index is 13.4. The van der Waals surface area contributed by atoms with Gasteiger partial charge in [0.2, 0.25) is 0 Å². The van der Waals surface area contributed by atoms with Crippen LogP contribution in [-0.2, 0) is 6.42 Å². The van der Waals surface area contributed by atoms with Crippen molar-refractivity contribution in [2.75, 3.05) is 5.01 Å². The van der Waals surface area contributed by atoms with Gasteiger partial charge in [0.25, 0.3) is 5.56 Å². The third-order valence-corrected chi connectivity index (χ3v) is 6.91. The molecular formula is C24H16Cl2N7O3+. The molecule has 6 rings (SSSR count). The average Bonchev–Trinajstić information content (AvgIpc) is 3.49. The Kier molecular flexibility index (Phi) is 5.22. The number of carboxylic acid groups (broad SMARTS) is 1. The van der Waals surface area contributed by atoms with E-state index in [-0.39, 0.29) is 17.3 Å². The quantitative estimate of drug-likeness (QED) is 0.378. The lowest BCUT2D eigenvalue weighted by molar-refractivity contribution is -0.116. The molecule has 0 saturated heterocycles. The largest absolute Gasteiger partial charge is 0.477 e. The molecule has 2 aliphatic heterocycles. The number of carboxylic acids is 1. The van der Waals surface area contributed by atoms with Crippen molar-refractivity contribution in [3.8, 4) is 22.4 Å². The van der Waals surface area contributed by atoms with Crippen LogP contribution in [0.5, 0.6) is 0 Å². The molecule has 36 heavy (non-hydrogen) atoms. The number of aromatic amines is 1. The molecule has 1 atom stereocenters. The number of hydrogen-bond acceptors (Lipinski definition) is 6. The number of H-pyrrole nitrogens is 1. The Morgan fingerprint density at radius 1 is 1.14 bits per heavy atom. The summed E-state index contributed by atoms with van der Waals surface area (Å²) in [6.07, 6.45) is 5.81. The number of aromatic nitrogens is 4. The fourth-order valence-electron chi connectivity index (χ4n) is 4.59. The van der Waals surface area contributed by atoms with Crippen LogP contribution in [0.25, 0.3) is 22.4 Å². The number of anilines is 1. The lowest BCUT2D eigenvalue weighted by atomic mass is 10.0. The molecule has 178 valence electrons. The molecule has 0 fully saturated rings. The maximum absolute atomic E-state index is 13.4. The van der Waals surface area contributed by atoms with Gasteiger partial charge in [-0.2, -0.15) is 0 Å². The summed E-state index contributed by atoms with van der Waals surface area (Å²) in [5, 5.41) is 15.7. The molecule has 0 bridgehead atoms.